The molecule has 9 nitrogen and oxygen atoms in total. The van der Waals surface area contributed by atoms with Crippen molar-refractivity contribution in [2.24, 2.45) is 0 Å². The standard InChI is InChI=1S/C26H29N3O6S2/c1-20-18-24(14-15-25(20)35-2)37(33,34)29(22-8-4-3-5-9-22)19-26(30)27-21-10-12-23(13-11-21)36(31,32)28-16-6-7-17-28/h3-5,8-15,18H,6-7,16-17,19H2,1-2H3,(H,27,30). The van der Waals surface area contributed by atoms with E-state index >= 15 is 0 Å². The predicted octanol–water partition coefficient (Wildman–Crippen LogP) is 3.62. The molecule has 3 aromatic carbocycles. The number of carbonyl (C=O) groups excluding carboxylic acids is 1. The molecular formula is C26H29N3O6S2. The van der Waals surface area contributed by atoms with Gasteiger partial charge in [0.05, 0.1) is 22.6 Å². The van der Waals surface area contributed by atoms with Crippen molar-refractivity contribution < 1.29 is 26.4 Å². The van der Waals surface area contributed by atoms with E-state index in [1.54, 1.807) is 43.3 Å². The number of hydrogen-bond donors (Lipinski definition) is 1. The molecule has 1 N–H and O–H groups in total. The number of hydrogen-bond acceptors (Lipinski definition) is 6. The van der Waals surface area contributed by atoms with Crippen molar-refractivity contribution in [3.05, 3.63) is 78.4 Å². The maximum atomic E-state index is 13.6. The van der Waals surface area contributed by atoms with Crippen LogP contribution in [-0.4, -0.2) is 53.8 Å². The van der Waals surface area contributed by atoms with Gasteiger partial charge in [0.15, 0.2) is 0 Å². The number of para-hydroxylation sites is 1. The summed E-state index contributed by atoms with van der Waals surface area (Å²) in [7, 11) is -6.16. The van der Waals surface area contributed by atoms with E-state index in [4.69, 9.17) is 4.74 Å². The number of sulfonamides is 2. The molecule has 0 radical (unpaired) electrons. The summed E-state index contributed by atoms with van der Waals surface area (Å²) in [6.45, 7) is 2.26. The molecule has 4 rings (SSSR count). The largest absolute Gasteiger partial charge is 0.496 e. The predicted molar refractivity (Wildman–Crippen MR) is 142 cm³/mol. The molecular weight excluding hydrogens is 514 g/mol. The lowest BCUT2D eigenvalue weighted by molar-refractivity contribution is -0.114. The van der Waals surface area contributed by atoms with Gasteiger partial charge in [-0.3, -0.25) is 9.10 Å². The Kier molecular flexibility index (Phi) is 7.86. The normalized spacial score (nSPS) is 14.3. The minimum Gasteiger partial charge on any atom is -0.496 e. The highest BCUT2D eigenvalue weighted by Gasteiger charge is 2.29. The summed E-state index contributed by atoms with van der Waals surface area (Å²) < 4.78 is 60.4. The summed E-state index contributed by atoms with van der Waals surface area (Å²) in [4.78, 5) is 13.1. The van der Waals surface area contributed by atoms with E-state index in [9.17, 15) is 21.6 Å². The van der Waals surface area contributed by atoms with Gasteiger partial charge in [0.1, 0.15) is 12.3 Å². The second-order valence-corrected chi connectivity index (χ2v) is 12.5. The SMILES string of the molecule is COc1ccc(S(=O)(=O)N(CC(=O)Nc2ccc(S(=O)(=O)N3CCCC3)cc2)c2ccccc2)cc1C. The highest BCUT2D eigenvalue weighted by atomic mass is 32.2. The van der Waals surface area contributed by atoms with Crippen LogP contribution in [0.1, 0.15) is 18.4 Å². The van der Waals surface area contributed by atoms with Crippen LogP contribution in [0.2, 0.25) is 0 Å². The molecule has 1 saturated heterocycles. The van der Waals surface area contributed by atoms with Crippen LogP contribution in [0.4, 0.5) is 11.4 Å². The minimum absolute atomic E-state index is 0.0268. The van der Waals surface area contributed by atoms with Gasteiger partial charge in [-0.1, -0.05) is 18.2 Å². The summed E-state index contributed by atoms with van der Waals surface area (Å²) in [5.74, 6) is -0.0223. The van der Waals surface area contributed by atoms with Crippen LogP contribution < -0.4 is 14.4 Å². The topological polar surface area (TPSA) is 113 Å². The molecule has 11 heteroatoms. The minimum atomic E-state index is -4.09. The molecule has 3 aromatic rings. The van der Waals surface area contributed by atoms with Crippen molar-refractivity contribution in [2.75, 3.05) is 36.4 Å². The van der Waals surface area contributed by atoms with Crippen molar-refractivity contribution in [2.45, 2.75) is 29.6 Å². The number of anilines is 2. The zero-order valence-corrected chi connectivity index (χ0v) is 22.3. The Balaban J connectivity index is 1.55. The molecule has 0 unspecified atom stereocenters. The number of carbonyl (C=O) groups is 1. The van der Waals surface area contributed by atoms with Crippen molar-refractivity contribution in [3.63, 3.8) is 0 Å². The highest BCUT2D eigenvalue weighted by Crippen LogP contribution is 2.28. The first-order valence-electron chi connectivity index (χ1n) is 11.8. The summed E-state index contributed by atoms with van der Waals surface area (Å²) in [6, 6.07) is 18.7. The molecule has 1 aliphatic heterocycles. The molecule has 37 heavy (non-hydrogen) atoms. The lowest BCUT2D eigenvalue weighted by Crippen LogP contribution is -2.38. The van der Waals surface area contributed by atoms with E-state index in [-0.39, 0.29) is 9.79 Å². The Bertz CT molecular complexity index is 1470. The Hall–Kier alpha value is -3.41. The number of rotatable bonds is 9. The fourth-order valence-corrected chi connectivity index (χ4v) is 7.19. The van der Waals surface area contributed by atoms with Gasteiger partial charge >= 0.3 is 0 Å². The van der Waals surface area contributed by atoms with Gasteiger partial charge < -0.3 is 10.1 Å². The average Bonchev–Trinajstić information content (AvgIpc) is 3.44. The number of ether oxygens (including phenoxy) is 1. The van der Waals surface area contributed by atoms with Crippen LogP contribution in [0.25, 0.3) is 0 Å². The summed E-state index contributed by atoms with van der Waals surface area (Å²) in [6.07, 6.45) is 1.68. The molecule has 0 spiro atoms. The van der Waals surface area contributed by atoms with Gasteiger partial charge in [-0.2, -0.15) is 4.31 Å². The lowest BCUT2D eigenvalue weighted by atomic mass is 10.2. The first kappa shape index (κ1) is 26.6. The smallest absolute Gasteiger partial charge is 0.264 e. The van der Waals surface area contributed by atoms with E-state index < -0.39 is 32.5 Å². The monoisotopic (exact) mass is 543 g/mol. The summed E-state index contributed by atoms with van der Waals surface area (Å²) in [5, 5.41) is 2.67. The fourth-order valence-electron chi connectivity index (χ4n) is 4.17. The molecule has 1 amide bonds. The van der Waals surface area contributed by atoms with E-state index in [1.807, 2.05) is 0 Å². The third-order valence-corrected chi connectivity index (χ3v) is 9.81. The van der Waals surface area contributed by atoms with Gasteiger partial charge in [-0.15, -0.1) is 0 Å². The number of amides is 1. The number of nitrogens with zero attached hydrogens (tertiary/aromatic N) is 2. The Morgan fingerprint density at radius 1 is 0.919 bits per heavy atom. The fraction of sp³-hybridized carbons (Fsp3) is 0.269. The van der Waals surface area contributed by atoms with Crippen LogP contribution in [0, 0.1) is 6.92 Å². The summed E-state index contributed by atoms with van der Waals surface area (Å²) >= 11 is 0. The van der Waals surface area contributed by atoms with Crippen LogP contribution in [0.5, 0.6) is 5.75 Å². The Labute approximate surface area is 217 Å². The molecule has 0 aromatic heterocycles. The number of nitrogens with one attached hydrogen (secondary N) is 1. The zero-order chi connectivity index (χ0) is 26.6. The van der Waals surface area contributed by atoms with Crippen LogP contribution in [-0.2, 0) is 24.8 Å². The van der Waals surface area contributed by atoms with Crippen LogP contribution in [0.15, 0.2) is 82.6 Å². The van der Waals surface area contributed by atoms with Gasteiger partial charge in [0, 0.05) is 18.8 Å². The number of aryl methyl sites for hydroxylation is 1. The summed E-state index contributed by atoms with van der Waals surface area (Å²) in [5.41, 5.74) is 1.33. The molecule has 1 fully saturated rings. The molecule has 0 bridgehead atoms. The van der Waals surface area contributed by atoms with E-state index in [0.29, 0.717) is 35.8 Å². The molecule has 196 valence electrons. The third kappa shape index (κ3) is 5.79. The second kappa shape index (κ2) is 10.9. The van der Waals surface area contributed by atoms with Gasteiger partial charge in [0.25, 0.3) is 10.0 Å². The van der Waals surface area contributed by atoms with Crippen molar-refractivity contribution >= 4 is 37.3 Å². The maximum Gasteiger partial charge on any atom is 0.264 e. The quantitative estimate of drug-likeness (QED) is 0.441. The molecule has 0 aliphatic carbocycles. The van der Waals surface area contributed by atoms with Gasteiger partial charge in [-0.05, 0) is 79.9 Å². The maximum absolute atomic E-state index is 13.6. The average molecular weight is 544 g/mol. The third-order valence-electron chi connectivity index (χ3n) is 6.13. The van der Waals surface area contributed by atoms with Crippen molar-refractivity contribution in [3.8, 4) is 5.75 Å². The lowest BCUT2D eigenvalue weighted by Gasteiger charge is -2.24. The first-order chi connectivity index (χ1) is 17.6. The van der Waals surface area contributed by atoms with Gasteiger partial charge in [0.2, 0.25) is 15.9 Å². The second-order valence-electron chi connectivity index (χ2n) is 8.66. The Morgan fingerprint density at radius 2 is 1.54 bits per heavy atom. The van der Waals surface area contributed by atoms with Crippen LogP contribution >= 0.6 is 0 Å². The Morgan fingerprint density at radius 3 is 2.14 bits per heavy atom. The number of benzene rings is 3. The van der Waals surface area contributed by atoms with Crippen LogP contribution in [0.3, 0.4) is 0 Å². The van der Waals surface area contributed by atoms with E-state index in [2.05, 4.69) is 5.32 Å². The zero-order valence-electron chi connectivity index (χ0n) is 20.6. The molecule has 1 heterocycles. The van der Waals surface area contributed by atoms with Crippen molar-refractivity contribution in [1.82, 2.24) is 4.31 Å². The molecule has 0 atom stereocenters. The van der Waals surface area contributed by atoms with Gasteiger partial charge in [-0.25, -0.2) is 16.8 Å². The highest BCUT2D eigenvalue weighted by molar-refractivity contribution is 7.92. The first-order valence-corrected chi connectivity index (χ1v) is 14.6. The van der Waals surface area contributed by atoms with Crippen molar-refractivity contribution in [1.29, 1.82) is 0 Å². The molecule has 1 aliphatic rings. The number of methoxy groups -OCH3 is 1. The van der Waals surface area contributed by atoms with E-state index in [0.717, 1.165) is 17.1 Å². The molecule has 0 saturated carbocycles. The van der Waals surface area contributed by atoms with E-state index in [1.165, 1.54) is 47.8 Å².